The molecule has 1 aromatic heterocycles. The Morgan fingerprint density at radius 2 is 1.81 bits per heavy atom. The molecule has 0 aliphatic rings. The van der Waals surface area contributed by atoms with E-state index in [9.17, 15) is 9.18 Å². The quantitative estimate of drug-likeness (QED) is 0.611. The van der Waals surface area contributed by atoms with E-state index in [4.69, 9.17) is 23.2 Å². The molecule has 1 heterocycles. The largest absolute Gasteiger partial charge is 0.323 e. The number of imidazole rings is 1. The van der Waals surface area contributed by atoms with Crippen molar-refractivity contribution in [2.75, 3.05) is 0 Å². The highest BCUT2D eigenvalue weighted by Crippen LogP contribution is 2.37. The number of H-pyrrole nitrogens is 2. The summed E-state index contributed by atoms with van der Waals surface area (Å²) in [5, 5.41) is -0.716. The van der Waals surface area contributed by atoms with Crippen molar-refractivity contribution >= 4 is 50.2 Å². The lowest BCUT2D eigenvalue weighted by molar-refractivity contribution is 0.612. The van der Waals surface area contributed by atoms with Crippen LogP contribution in [0, 0.1) is 5.82 Å². The van der Waals surface area contributed by atoms with Gasteiger partial charge in [-0.25, -0.2) is 9.18 Å². The standard InChI is InChI=1S/C14H8BrCl2FN2O/c15-8-5-11-10(19-14(21)20-11)4-7(8)12(17)6-2-1-3-9(16)13(6)18/h1-5,12H,(H2,19,20,21). The number of benzene rings is 2. The lowest BCUT2D eigenvalue weighted by atomic mass is 10.0. The predicted molar refractivity (Wildman–Crippen MR) is 85.7 cm³/mol. The van der Waals surface area contributed by atoms with Gasteiger partial charge in [-0.3, -0.25) is 0 Å². The molecule has 0 aliphatic carbocycles. The molecule has 3 rings (SSSR count). The van der Waals surface area contributed by atoms with E-state index in [-0.39, 0.29) is 16.3 Å². The number of halogens is 4. The Kier molecular flexibility index (Phi) is 3.82. The Hall–Kier alpha value is -1.30. The first kappa shape index (κ1) is 14.6. The van der Waals surface area contributed by atoms with Gasteiger partial charge in [0.1, 0.15) is 5.82 Å². The Morgan fingerprint density at radius 3 is 2.52 bits per heavy atom. The minimum absolute atomic E-state index is 0.0189. The molecule has 2 aromatic carbocycles. The summed E-state index contributed by atoms with van der Waals surface area (Å²) in [5.41, 5.74) is 1.86. The van der Waals surface area contributed by atoms with E-state index < -0.39 is 11.2 Å². The number of alkyl halides is 1. The molecule has 0 bridgehead atoms. The molecule has 0 saturated heterocycles. The molecule has 0 amide bonds. The molecule has 0 spiro atoms. The van der Waals surface area contributed by atoms with Crippen molar-refractivity contribution in [3.05, 3.63) is 67.3 Å². The number of nitrogens with one attached hydrogen (secondary N) is 2. The topological polar surface area (TPSA) is 48.6 Å². The maximum atomic E-state index is 14.1. The molecule has 3 aromatic rings. The highest BCUT2D eigenvalue weighted by Gasteiger charge is 2.20. The Morgan fingerprint density at radius 1 is 1.14 bits per heavy atom. The summed E-state index contributed by atoms with van der Waals surface area (Å²) in [6.07, 6.45) is 0. The van der Waals surface area contributed by atoms with Crippen LogP contribution < -0.4 is 5.69 Å². The average Bonchev–Trinajstić information content (AvgIpc) is 2.79. The van der Waals surface area contributed by atoms with Gasteiger partial charge in [0.25, 0.3) is 0 Å². The van der Waals surface area contributed by atoms with Crippen molar-refractivity contribution in [3.8, 4) is 0 Å². The Balaban J connectivity index is 2.16. The summed E-state index contributed by atoms with van der Waals surface area (Å²) in [5.74, 6) is -0.547. The van der Waals surface area contributed by atoms with Gasteiger partial charge in [0, 0.05) is 10.0 Å². The second kappa shape index (κ2) is 5.48. The molecule has 3 nitrogen and oxygen atoms in total. The van der Waals surface area contributed by atoms with Crippen LogP contribution in [0.5, 0.6) is 0 Å². The number of aromatic nitrogens is 2. The molecule has 21 heavy (non-hydrogen) atoms. The fourth-order valence-electron chi connectivity index (χ4n) is 2.15. The molecule has 0 radical (unpaired) electrons. The lowest BCUT2D eigenvalue weighted by Gasteiger charge is -2.14. The van der Waals surface area contributed by atoms with Gasteiger partial charge in [-0.05, 0) is 23.8 Å². The molecule has 2 N–H and O–H groups in total. The van der Waals surface area contributed by atoms with Crippen LogP contribution in [-0.2, 0) is 0 Å². The van der Waals surface area contributed by atoms with Crippen molar-refractivity contribution in [1.82, 2.24) is 9.97 Å². The third kappa shape index (κ3) is 2.61. The first-order valence-electron chi connectivity index (χ1n) is 5.97. The van der Waals surface area contributed by atoms with Crippen molar-refractivity contribution < 1.29 is 4.39 Å². The zero-order valence-corrected chi connectivity index (χ0v) is 13.5. The van der Waals surface area contributed by atoms with Crippen LogP contribution in [0.15, 0.2) is 39.6 Å². The first-order chi connectivity index (χ1) is 9.97. The minimum Gasteiger partial charge on any atom is -0.306 e. The van der Waals surface area contributed by atoms with Crippen molar-refractivity contribution in [2.24, 2.45) is 0 Å². The maximum Gasteiger partial charge on any atom is 0.323 e. The zero-order chi connectivity index (χ0) is 15.1. The molecule has 0 fully saturated rings. The van der Waals surface area contributed by atoms with Gasteiger partial charge in [-0.1, -0.05) is 39.7 Å². The van der Waals surface area contributed by atoms with Crippen LogP contribution in [-0.4, -0.2) is 9.97 Å². The SMILES string of the molecule is O=c1[nH]c2cc(Br)c(C(Cl)c3cccc(Cl)c3F)cc2[nH]1. The lowest BCUT2D eigenvalue weighted by Crippen LogP contribution is -1.99. The third-order valence-corrected chi connectivity index (χ3v) is 4.61. The second-order valence-electron chi connectivity index (χ2n) is 4.50. The van der Waals surface area contributed by atoms with E-state index in [2.05, 4.69) is 25.9 Å². The van der Waals surface area contributed by atoms with Gasteiger partial charge in [-0.2, -0.15) is 0 Å². The summed E-state index contributed by atoms with van der Waals surface area (Å²) < 4.78 is 14.8. The van der Waals surface area contributed by atoms with E-state index in [1.165, 1.54) is 6.07 Å². The predicted octanol–water partition coefficient (Wildman–Crippen LogP) is 4.74. The molecule has 1 atom stereocenters. The smallest absolute Gasteiger partial charge is 0.306 e. The van der Waals surface area contributed by atoms with Crippen LogP contribution >= 0.6 is 39.1 Å². The fourth-order valence-corrected chi connectivity index (χ4v) is 3.39. The molecule has 1 unspecified atom stereocenters. The highest BCUT2D eigenvalue weighted by molar-refractivity contribution is 9.10. The van der Waals surface area contributed by atoms with Crippen LogP contribution in [0.4, 0.5) is 4.39 Å². The molecule has 0 aliphatic heterocycles. The maximum absolute atomic E-state index is 14.1. The highest BCUT2D eigenvalue weighted by atomic mass is 79.9. The van der Waals surface area contributed by atoms with Gasteiger partial charge in [0.15, 0.2) is 0 Å². The third-order valence-electron chi connectivity index (χ3n) is 3.16. The fraction of sp³-hybridized carbons (Fsp3) is 0.0714. The van der Waals surface area contributed by atoms with Gasteiger partial charge >= 0.3 is 5.69 Å². The second-order valence-corrected chi connectivity index (χ2v) is 6.20. The summed E-state index contributed by atoms with van der Waals surface area (Å²) in [7, 11) is 0. The van der Waals surface area contributed by atoms with Crippen LogP contribution in [0.1, 0.15) is 16.5 Å². The minimum atomic E-state index is -0.735. The average molecular weight is 390 g/mol. The monoisotopic (exact) mass is 388 g/mol. The summed E-state index contributed by atoms with van der Waals surface area (Å²) >= 11 is 15.6. The zero-order valence-electron chi connectivity index (χ0n) is 10.4. The van der Waals surface area contributed by atoms with Crippen LogP contribution in [0.25, 0.3) is 11.0 Å². The number of hydrogen-bond acceptors (Lipinski definition) is 1. The van der Waals surface area contributed by atoms with E-state index >= 15 is 0 Å². The summed E-state index contributed by atoms with van der Waals surface area (Å²) in [4.78, 5) is 16.6. The van der Waals surface area contributed by atoms with Crippen molar-refractivity contribution in [2.45, 2.75) is 5.38 Å². The van der Waals surface area contributed by atoms with Crippen LogP contribution in [0.2, 0.25) is 5.02 Å². The molecule has 0 saturated carbocycles. The number of aromatic amines is 2. The number of fused-ring (bicyclic) bond motifs is 1. The first-order valence-corrected chi connectivity index (χ1v) is 7.57. The van der Waals surface area contributed by atoms with Crippen LogP contribution in [0.3, 0.4) is 0 Å². The Labute approximate surface area is 137 Å². The van der Waals surface area contributed by atoms with Crippen molar-refractivity contribution in [3.63, 3.8) is 0 Å². The molecule has 7 heteroatoms. The number of hydrogen-bond donors (Lipinski definition) is 2. The van der Waals surface area contributed by atoms with Gasteiger partial charge < -0.3 is 9.97 Å². The van der Waals surface area contributed by atoms with E-state index in [0.29, 0.717) is 21.1 Å². The normalized spacial score (nSPS) is 12.8. The molecule has 108 valence electrons. The summed E-state index contributed by atoms with van der Waals surface area (Å²) in [6.45, 7) is 0. The number of rotatable bonds is 2. The van der Waals surface area contributed by atoms with Gasteiger partial charge in [-0.15, -0.1) is 11.6 Å². The summed E-state index contributed by atoms with van der Waals surface area (Å²) in [6, 6.07) is 8.11. The van der Waals surface area contributed by atoms with Crippen molar-refractivity contribution in [1.29, 1.82) is 0 Å². The van der Waals surface area contributed by atoms with Gasteiger partial charge in [0.2, 0.25) is 0 Å². The van der Waals surface area contributed by atoms with E-state index in [1.807, 2.05) is 0 Å². The Bertz CT molecular complexity index is 890. The van der Waals surface area contributed by atoms with E-state index in [0.717, 1.165) is 0 Å². The van der Waals surface area contributed by atoms with Gasteiger partial charge in [0.05, 0.1) is 21.4 Å². The molecular weight excluding hydrogens is 382 g/mol. The van der Waals surface area contributed by atoms with E-state index in [1.54, 1.807) is 24.3 Å². The molecular formula is C14H8BrCl2FN2O.